The maximum Gasteiger partial charge on any atom is 0.0721 e. The summed E-state index contributed by atoms with van der Waals surface area (Å²) in [6.07, 6.45) is 13.2. The quantitative estimate of drug-likeness (QED) is 0.311. The fourth-order valence-electron chi connectivity index (χ4n) is 4.28. The first-order chi connectivity index (χ1) is 13.8. The Hall–Kier alpha value is -2.12. The minimum absolute atomic E-state index is 0.597. The van der Waals surface area contributed by atoms with Crippen LogP contribution in [0.3, 0.4) is 0 Å². The maximum atomic E-state index is 5.50. The molecule has 0 heterocycles. The fourth-order valence-corrected chi connectivity index (χ4v) is 4.28. The Morgan fingerprint density at radius 1 is 0.750 bits per heavy atom. The molecule has 0 unspecified atom stereocenters. The maximum absolute atomic E-state index is 5.50. The van der Waals surface area contributed by atoms with Gasteiger partial charge in [-0.15, -0.1) is 13.2 Å². The van der Waals surface area contributed by atoms with Crippen LogP contribution >= 0.6 is 0 Å². The third-order valence-electron chi connectivity index (χ3n) is 6.05. The fraction of sp³-hybridized carbons (Fsp3) is 0.407. The van der Waals surface area contributed by atoms with Gasteiger partial charge in [-0.2, -0.15) is 0 Å². The molecule has 0 amide bonds. The summed E-state index contributed by atoms with van der Waals surface area (Å²) in [7, 11) is 0. The predicted octanol–water partition coefficient (Wildman–Crippen LogP) is 7.37. The molecule has 0 aliphatic heterocycles. The van der Waals surface area contributed by atoms with Gasteiger partial charge in [0.25, 0.3) is 0 Å². The monoisotopic (exact) mass is 374 g/mol. The van der Waals surface area contributed by atoms with Crippen molar-refractivity contribution in [2.24, 2.45) is 11.8 Å². The molecule has 0 aromatic heterocycles. The van der Waals surface area contributed by atoms with Crippen LogP contribution in [-0.2, 0) is 17.8 Å². The summed E-state index contributed by atoms with van der Waals surface area (Å²) in [5.74, 6) is 1.81. The lowest BCUT2D eigenvalue weighted by Crippen LogP contribution is -2.14. The highest BCUT2D eigenvalue weighted by Crippen LogP contribution is 2.33. The SMILES string of the molecule is C=CCOCc1ccc(-c2ccc(CC[C@H]3CC[C@H](CC=C)CC3)cc2)cc1. The van der Waals surface area contributed by atoms with Crippen LogP contribution in [0.2, 0.25) is 0 Å². The minimum Gasteiger partial charge on any atom is -0.373 e. The van der Waals surface area contributed by atoms with Crippen molar-refractivity contribution in [2.75, 3.05) is 6.61 Å². The number of aryl methyl sites for hydroxylation is 1. The molecule has 0 saturated heterocycles. The van der Waals surface area contributed by atoms with Gasteiger partial charge in [0.1, 0.15) is 0 Å². The third-order valence-corrected chi connectivity index (χ3v) is 6.05. The van der Waals surface area contributed by atoms with E-state index in [0.29, 0.717) is 13.2 Å². The Balaban J connectivity index is 1.47. The number of benzene rings is 2. The molecule has 0 radical (unpaired) electrons. The zero-order chi connectivity index (χ0) is 19.6. The zero-order valence-electron chi connectivity index (χ0n) is 17.1. The van der Waals surface area contributed by atoms with Crippen molar-refractivity contribution in [2.45, 2.75) is 51.6 Å². The normalized spacial score (nSPS) is 19.3. The van der Waals surface area contributed by atoms with Gasteiger partial charge in [-0.25, -0.2) is 0 Å². The van der Waals surface area contributed by atoms with Gasteiger partial charge in [-0.05, 0) is 66.2 Å². The van der Waals surface area contributed by atoms with Gasteiger partial charge in [0, 0.05) is 0 Å². The molecule has 28 heavy (non-hydrogen) atoms. The Labute approximate surface area is 171 Å². The van der Waals surface area contributed by atoms with Gasteiger partial charge in [-0.3, -0.25) is 0 Å². The van der Waals surface area contributed by atoms with Crippen molar-refractivity contribution >= 4 is 0 Å². The lowest BCUT2D eigenvalue weighted by atomic mass is 9.78. The minimum atomic E-state index is 0.597. The van der Waals surface area contributed by atoms with E-state index in [1.807, 2.05) is 0 Å². The van der Waals surface area contributed by atoms with Crippen LogP contribution < -0.4 is 0 Å². The first-order valence-electron chi connectivity index (χ1n) is 10.8. The van der Waals surface area contributed by atoms with E-state index in [-0.39, 0.29) is 0 Å². The van der Waals surface area contributed by atoms with Crippen molar-refractivity contribution in [1.82, 2.24) is 0 Å². The van der Waals surface area contributed by atoms with Gasteiger partial charge in [-0.1, -0.05) is 73.5 Å². The lowest BCUT2D eigenvalue weighted by molar-refractivity contribution is 0.149. The van der Waals surface area contributed by atoms with E-state index in [9.17, 15) is 0 Å². The summed E-state index contributed by atoms with van der Waals surface area (Å²) in [5, 5.41) is 0. The summed E-state index contributed by atoms with van der Waals surface area (Å²) < 4.78 is 5.50. The molecule has 1 saturated carbocycles. The van der Waals surface area contributed by atoms with Crippen molar-refractivity contribution in [3.05, 3.63) is 85.0 Å². The van der Waals surface area contributed by atoms with Gasteiger partial charge < -0.3 is 4.74 Å². The molecular formula is C27H34O. The summed E-state index contributed by atoms with van der Waals surface area (Å²) >= 11 is 0. The third kappa shape index (κ3) is 6.21. The molecule has 1 aliphatic rings. The highest BCUT2D eigenvalue weighted by molar-refractivity contribution is 5.63. The van der Waals surface area contributed by atoms with Crippen LogP contribution in [0, 0.1) is 11.8 Å². The zero-order valence-corrected chi connectivity index (χ0v) is 17.1. The van der Waals surface area contributed by atoms with Crippen molar-refractivity contribution in [1.29, 1.82) is 0 Å². The van der Waals surface area contributed by atoms with Crippen LogP contribution in [0.4, 0.5) is 0 Å². The average Bonchev–Trinajstić information content (AvgIpc) is 2.75. The van der Waals surface area contributed by atoms with E-state index in [1.165, 1.54) is 67.2 Å². The number of rotatable bonds is 10. The summed E-state index contributed by atoms with van der Waals surface area (Å²) in [4.78, 5) is 0. The molecule has 1 nitrogen and oxygen atoms in total. The standard InChI is InChI=1S/C27H34O/c1-3-5-22-6-8-23(9-7-22)10-11-24-12-16-26(17-13-24)27-18-14-25(15-19-27)21-28-20-4-2/h3-4,12-19,22-23H,1-2,5-11,20-21H2/t22-,23-. The molecule has 3 rings (SSSR count). The smallest absolute Gasteiger partial charge is 0.0721 e. The van der Waals surface area contributed by atoms with Gasteiger partial charge in [0.05, 0.1) is 13.2 Å². The lowest BCUT2D eigenvalue weighted by Gasteiger charge is -2.27. The second kappa shape index (κ2) is 11.0. The Morgan fingerprint density at radius 2 is 1.32 bits per heavy atom. The Bertz CT molecular complexity index is 718. The van der Waals surface area contributed by atoms with Crippen LogP contribution in [0.1, 0.15) is 49.7 Å². The van der Waals surface area contributed by atoms with Gasteiger partial charge >= 0.3 is 0 Å². The largest absolute Gasteiger partial charge is 0.373 e. The average molecular weight is 375 g/mol. The molecule has 0 atom stereocenters. The second-order valence-corrected chi connectivity index (χ2v) is 8.15. The highest BCUT2D eigenvalue weighted by Gasteiger charge is 2.19. The second-order valence-electron chi connectivity index (χ2n) is 8.15. The molecule has 2 aromatic carbocycles. The Morgan fingerprint density at radius 3 is 1.89 bits per heavy atom. The van der Waals surface area contributed by atoms with Gasteiger partial charge in [0.2, 0.25) is 0 Å². The first kappa shape index (κ1) is 20.6. The molecule has 1 heteroatoms. The molecule has 148 valence electrons. The number of hydrogen-bond donors (Lipinski definition) is 0. The molecule has 0 spiro atoms. The van der Waals surface area contributed by atoms with Crippen LogP contribution in [0.15, 0.2) is 73.8 Å². The van der Waals surface area contributed by atoms with E-state index >= 15 is 0 Å². The number of allylic oxidation sites excluding steroid dienone is 1. The number of ether oxygens (including phenoxy) is 1. The van der Waals surface area contributed by atoms with Crippen molar-refractivity contribution in [3.63, 3.8) is 0 Å². The van der Waals surface area contributed by atoms with Crippen molar-refractivity contribution < 1.29 is 4.74 Å². The first-order valence-corrected chi connectivity index (χ1v) is 10.8. The van der Waals surface area contributed by atoms with E-state index in [2.05, 4.69) is 67.8 Å². The van der Waals surface area contributed by atoms with Gasteiger partial charge in [0.15, 0.2) is 0 Å². The molecule has 1 aliphatic carbocycles. The van der Waals surface area contributed by atoms with Crippen LogP contribution in [-0.4, -0.2) is 6.61 Å². The summed E-state index contributed by atoms with van der Waals surface area (Å²) in [5.41, 5.74) is 5.21. The summed E-state index contributed by atoms with van der Waals surface area (Å²) in [6, 6.07) is 17.8. The molecule has 0 N–H and O–H groups in total. The van der Waals surface area contributed by atoms with E-state index < -0.39 is 0 Å². The molecular weight excluding hydrogens is 340 g/mol. The molecule has 2 aromatic rings. The highest BCUT2D eigenvalue weighted by atomic mass is 16.5. The van der Waals surface area contributed by atoms with Crippen LogP contribution in [0.25, 0.3) is 11.1 Å². The number of hydrogen-bond acceptors (Lipinski definition) is 1. The molecule has 1 fully saturated rings. The predicted molar refractivity (Wildman–Crippen MR) is 120 cm³/mol. The van der Waals surface area contributed by atoms with Crippen molar-refractivity contribution in [3.8, 4) is 11.1 Å². The summed E-state index contributed by atoms with van der Waals surface area (Å²) in [6.45, 7) is 8.80. The van der Waals surface area contributed by atoms with E-state index in [1.54, 1.807) is 6.08 Å². The van der Waals surface area contributed by atoms with Crippen LogP contribution in [0.5, 0.6) is 0 Å². The Kier molecular flexibility index (Phi) is 8.11. The molecule has 0 bridgehead atoms. The van der Waals surface area contributed by atoms with E-state index in [0.717, 1.165) is 11.8 Å². The van der Waals surface area contributed by atoms with E-state index in [4.69, 9.17) is 4.74 Å². The topological polar surface area (TPSA) is 9.23 Å².